The van der Waals surface area contributed by atoms with Crippen molar-refractivity contribution in [2.45, 2.75) is 58.8 Å². The quantitative estimate of drug-likeness (QED) is 0.202. The first-order chi connectivity index (χ1) is 20.6. The molecule has 6 nitrogen and oxygen atoms in total. The minimum atomic E-state index is -0.0904. The molecule has 226 valence electrons. The number of benzene rings is 2. The lowest BCUT2D eigenvalue weighted by atomic mass is 9.87. The smallest absolute Gasteiger partial charge is 0.253 e. The molecule has 1 saturated carbocycles. The summed E-state index contributed by atoms with van der Waals surface area (Å²) in [6.07, 6.45) is 12.4. The van der Waals surface area contributed by atoms with Crippen LogP contribution in [0.2, 0.25) is 0 Å². The van der Waals surface area contributed by atoms with Gasteiger partial charge in [0.05, 0.1) is 5.70 Å². The zero-order valence-corrected chi connectivity index (χ0v) is 26.3. The van der Waals surface area contributed by atoms with Crippen molar-refractivity contribution in [3.8, 4) is 0 Å². The van der Waals surface area contributed by atoms with Crippen molar-refractivity contribution in [3.63, 3.8) is 0 Å². The third-order valence-corrected chi connectivity index (χ3v) is 8.43. The number of nitrogens with one attached hydrogen (secondary N) is 1. The van der Waals surface area contributed by atoms with Gasteiger partial charge < -0.3 is 15.1 Å². The highest BCUT2D eigenvalue weighted by Crippen LogP contribution is 2.42. The summed E-state index contributed by atoms with van der Waals surface area (Å²) in [5, 5.41) is 2.65. The molecule has 1 heterocycles. The number of aryl methyl sites for hydroxylation is 1. The van der Waals surface area contributed by atoms with Gasteiger partial charge in [-0.05, 0) is 103 Å². The summed E-state index contributed by atoms with van der Waals surface area (Å²) in [6.45, 7) is 8.70. The molecule has 0 aromatic heterocycles. The van der Waals surface area contributed by atoms with Crippen LogP contribution in [0.4, 0.5) is 0 Å². The Balaban J connectivity index is 1.56. The summed E-state index contributed by atoms with van der Waals surface area (Å²) in [5.41, 5.74) is 7.29. The Morgan fingerprint density at radius 3 is 2.23 bits per heavy atom. The number of ketones is 1. The number of nitrogens with zero attached hydrogens (tertiary/aromatic N) is 2. The van der Waals surface area contributed by atoms with Gasteiger partial charge in [-0.1, -0.05) is 44.7 Å². The number of hydrogen-bond donors (Lipinski definition) is 1. The lowest BCUT2D eigenvalue weighted by Crippen LogP contribution is -2.24. The highest BCUT2D eigenvalue weighted by Gasteiger charge is 2.32. The average Bonchev–Trinajstić information content (AvgIpc) is 3.88. The van der Waals surface area contributed by atoms with Gasteiger partial charge in [0.15, 0.2) is 5.78 Å². The van der Waals surface area contributed by atoms with Crippen LogP contribution in [0, 0.1) is 11.8 Å². The van der Waals surface area contributed by atoms with Crippen LogP contribution in [0.3, 0.4) is 0 Å². The van der Waals surface area contributed by atoms with Crippen molar-refractivity contribution in [2.24, 2.45) is 11.8 Å². The van der Waals surface area contributed by atoms with E-state index >= 15 is 0 Å². The second-order valence-electron chi connectivity index (χ2n) is 11.8. The third kappa shape index (κ3) is 7.81. The molecule has 0 spiro atoms. The summed E-state index contributed by atoms with van der Waals surface area (Å²) < 4.78 is 0. The van der Waals surface area contributed by atoms with E-state index in [4.69, 9.17) is 0 Å². The molecule has 1 N–H and O–H groups in total. The Labute approximate surface area is 256 Å². The molecule has 2 aromatic carbocycles. The second kappa shape index (κ2) is 14.3. The van der Waals surface area contributed by atoms with Crippen molar-refractivity contribution < 1.29 is 14.4 Å². The van der Waals surface area contributed by atoms with Gasteiger partial charge in [-0.25, -0.2) is 0 Å². The molecule has 1 atom stereocenters. The van der Waals surface area contributed by atoms with Gasteiger partial charge in [0.25, 0.3) is 11.8 Å². The van der Waals surface area contributed by atoms with Crippen LogP contribution in [-0.4, -0.2) is 48.5 Å². The van der Waals surface area contributed by atoms with Crippen LogP contribution >= 0.6 is 0 Å². The van der Waals surface area contributed by atoms with Crippen molar-refractivity contribution in [1.82, 2.24) is 15.1 Å². The van der Waals surface area contributed by atoms with E-state index in [1.165, 1.54) is 0 Å². The molecule has 4 rings (SSSR count). The Hall–Kier alpha value is -4.19. The lowest BCUT2D eigenvalue weighted by molar-refractivity contribution is -0.116. The number of carbonyl (C=O) groups is 3. The first-order valence-electron chi connectivity index (χ1n) is 15.4. The number of allylic oxidation sites excluding steroid dienone is 5. The van der Waals surface area contributed by atoms with Gasteiger partial charge in [-0.3, -0.25) is 14.4 Å². The first-order valence-corrected chi connectivity index (χ1v) is 15.4. The maximum absolute atomic E-state index is 13.9. The van der Waals surface area contributed by atoms with Crippen LogP contribution in [0.5, 0.6) is 0 Å². The predicted octanol–water partition coefficient (Wildman–Crippen LogP) is 7.17. The van der Waals surface area contributed by atoms with Crippen molar-refractivity contribution >= 4 is 23.2 Å². The Kier molecular flexibility index (Phi) is 10.6. The fourth-order valence-corrected chi connectivity index (χ4v) is 5.41. The fraction of sp³-hybridized carbons (Fsp3) is 0.378. The van der Waals surface area contributed by atoms with Crippen molar-refractivity contribution in [2.75, 3.05) is 21.1 Å². The summed E-state index contributed by atoms with van der Waals surface area (Å²) in [6, 6.07) is 15.3. The predicted molar refractivity (Wildman–Crippen MR) is 174 cm³/mol. The Morgan fingerprint density at radius 1 is 1.00 bits per heavy atom. The molecule has 1 aliphatic carbocycles. The summed E-state index contributed by atoms with van der Waals surface area (Å²) in [7, 11) is 5.13. The largest absolute Gasteiger partial charge is 0.355 e. The van der Waals surface area contributed by atoms with Crippen molar-refractivity contribution in [1.29, 1.82) is 0 Å². The molecular formula is C37H45N3O3. The van der Waals surface area contributed by atoms with Crippen LogP contribution in [0.1, 0.15) is 84.2 Å². The van der Waals surface area contributed by atoms with Gasteiger partial charge in [0.2, 0.25) is 0 Å². The highest BCUT2D eigenvalue weighted by atomic mass is 16.2. The maximum Gasteiger partial charge on any atom is 0.253 e. The summed E-state index contributed by atoms with van der Waals surface area (Å²) in [4.78, 5) is 41.9. The SMILES string of the molecule is C=C(C1CC1)N1C=CC(c2ccc(C(=O)N(C)C)cc2)=C/C1=C(\C(=O)CCCCc1ccc(C(=O)NC)cc1)C(C)CC. The topological polar surface area (TPSA) is 69.7 Å². The number of rotatable bonds is 13. The third-order valence-electron chi connectivity index (χ3n) is 8.43. The highest BCUT2D eigenvalue weighted by molar-refractivity contribution is 5.98. The number of carbonyl (C=O) groups excluding carboxylic acids is 3. The second-order valence-corrected chi connectivity index (χ2v) is 11.8. The molecule has 1 aliphatic heterocycles. The molecule has 0 bridgehead atoms. The van der Waals surface area contributed by atoms with Gasteiger partial charge in [-0.15, -0.1) is 0 Å². The van der Waals surface area contributed by atoms with E-state index in [9.17, 15) is 14.4 Å². The molecule has 2 aromatic rings. The van der Waals surface area contributed by atoms with Crippen LogP contribution in [0.15, 0.2) is 90.4 Å². The monoisotopic (exact) mass is 579 g/mol. The molecule has 1 fully saturated rings. The van der Waals surface area contributed by atoms with E-state index in [1.807, 2.05) is 48.5 Å². The van der Waals surface area contributed by atoms with Crippen LogP contribution < -0.4 is 5.32 Å². The summed E-state index contributed by atoms with van der Waals surface area (Å²) in [5.74, 6) is 0.614. The first kappa shape index (κ1) is 31.7. The van der Waals surface area contributed by atoms with Gasteiger partial charge in [0, 0.05) is 56.2 Å². The van der Waals surface area contributed by atoms with E-state index in [0.29, 0.717) is 23.5 Å². The van der Waals surface area contributed by atoms with E-state index in [1.54, 1.807) is 26.0 Å². The zero-order chi connectivity index (χ0) is 31.1. The normalized spacial score (nSPS) is 16.3. The molecule has 0 radical (unpaired) electrons. The molecule has 2 amide bonds. The zero-order valence-electron chi connectivity index (χ0n) is 26.3. The molecule has 43 heavy (non-hydrogen) atoms. The van der Waals surface area contributed by atoms with E-state index in [2.05, 4.69) is 49.0 Å². The standard InChI is InChI=1S/C37H45N3O3/c1-7-25(2)35(34(41)11-9-8-10-27-12-14-30(15-13-27)36(42)38-4)33-24-32(22-23-40(33)26(3)28-16-17-28)29-18-20-31(21-19-29)37(43)39(5)6/h12-15,18-25,28H,3,7-11,16-17H2,1-2,4-6H3,(H,38,42)/b35-33+. The van der Waals surface area contributed by atoms with E-state index < -0.39 is 0 Å². The number of Topliss-reactive ketones (excluding diaryl/α,β-unsaturated/α-hetero) is 1. The lowest BCUT2D eigenvalue weighted by Gasteiger charge is -2.31. The molecule has 1 unspecified atom stereocenters. The van der Waals surface area contributed by atoms with Gasteiger partial charge in [-0.2, -0.15) is 0 Å². The molecule has 2 aliphatic rings. The molecular weight excluding hydrogens is 534 g/mol. The van der Waals surface area contributed by atoms with Gasteiger partial charge in [0.1, 0.15) is 0 Å². The molecule has 0 saturated heterocycles. The van der Waals surface area contributed by atoms with E-state index in [0.717, 1.165) is 72.2 Å². The maximum atomic E-state index is 13.9. The Morgan fingerprint density at radius 2 is 1.65 bits per heavy atom. The van der Waals surface area contributed by atoms with Crippen LogP contribution in [-0.2, 0) is 11.2 Å². The number of amides is 2. The summed E-state index contributed by atoms with van der Waals surface area (Å²) >= 11 is 0. The Bertz CT molecular complexity index is 1440. The van der Waals surface area contributed by atoms with E-state index in [-0.39, 0.29) is 23.5 Å². The number of hydrogen-bond acceptors (Lipinski definition) is 4. The average molecular weight is 580 g/mol. The number of unbranched alkanes of at least 4 members (excludes halogenated alkanes) is 1. The molecule has 6 heteroatoms. The van der Waals surface area contributed by atoms with Crippen molar-refractivity contribution in [3.05, 3.63) is 113 Å². The van der Waals surface area contributed by atoms with Gasteiger partial charge >= 0.3 is 0 Å². The van der Waals surface area contributed by atoms with Crippen LogP contribution in [0.25, 0.3) is 5.57 Å². The fourth-order valence-electron chi connectivity index (χ4n) is 5.41. The minimum Gasteiger partial charge on any atom is -0.355 e. The minimum absolute atomic E-state index is 0.0298.